The average molecular weight is 406 g/mol. The van der Waals surface area contributed by atoms with Gasteiger partial charge < -0.3 is 36.6 Å². The fourth-order valence-corrected chi connectivity index (χ4v) is 2.92. The summed E-state index contributed by atoms with van der Waals surface area (Å²) in [5.41, 5.74) is 5.37. The molecule has 1 saturated heterocycles. The maximum Gasteiger partial charge on any atom is 0.326 e. The predicted octanol–water partition coefficient (Wildman–Crippen LogP) is -3.34. The third-order valence-corrected chi connectivity index (χ3v) is 4.58. The van der Waals surface area contributed by atoms with Crippen molar-refractivity contribution in [2.45, 2.75) is 50.0 Å². The highest BCUT2D eigenvalue weighted by atomic mass is 32.1. The number of hydrogen-bond donors (Lipinski definition) is 7. The van der Waals surface area contributed by atoms with Gasteiger partial charge in [-0.25, -0.2) is 4.79 Å². The Morgan fingerprint density at radius 1 is 1.26 bits per heavy atom. The lowest BCUT2D eigenvalue weighted by Crippen LogP contribution is -2.60. The van der Waals surface area contributed by atoms with Gasteiger partial charge in [0.15, 0.2) is 0 Å². The van der Waals surface area contributed by atoms with Gasteiger partial charge in [-0.1, -0.05) is 0 Å². The number of likely N-dealkylation sites (tertiary alicyclic amines) is 1. The number of aliphatic hydroxyl groups is 2. The molecule has 0 aromatic heterocycles. The molecule has 0 saturated carbocycles. The van der Waals surface area contributed by atoms with Crippen molar-refractivity contribution in [2.75, 3.05) is 18.9 Å². The van der Waals surface area contributed by atoms with Gasteiger partial charge in [0.2, 0.25) is 17.7 Å². The Balaban J connectivity index is 2.85. The highest BCUT2D eigenvalue weighted by Crippen LogP contribution is 2.19. The molecule has 11 nitrogen and oxygen atoms in total. The van der Waals surface area contributed by atoms with E-state index >= 15 is 0 Å². The van der Waals surface area contributed by atoms with Crippen LogP contribution >= 0.6 is 12.6 Å². The summed E-state index contributed by atoms with van der Waals surface area (Å²) in [6.45, 7) is 0.866. The number of aliphatic hydroxyl groups excluding tert-OH is 2. The molecule has 1 fully saturated rings. The lowest BCUT2D eigenvalue weighted by molar-refractivity contribution is -0.150. The Morgan fingerprint density at radius 3 is 2.37 bits per heavy atom. The van der Waals surface area contributed by atoms with Crippen molar-refractivity contribution in [2.24, 2.45) is 5.73 Å². The second-order valence-electron chi connectivity index (χ2n) is 6.29. The van der Waals surface area contributed by atoms with Gasteiger partial charge in [-0.3, -0.25) is 14.4 Å². The van der Waals surface area contributed by atoms with Gasteiger partial charge in [-0.2, -0.15) is 12.6 Å². The Bertz CT molecular complexity index is 574. The number of amides is 3. The predicted molar refractivity (Wildman–Crippen MR) is 96.8 cm³/mol. The van der Waals surface area contributed by atoms with Gasteiger partial charge in [0.05, 0.1) is 12.7 Å². The van der Waals surface area contributed by atoms with Gasteiger partial charge in [-0.15, -0.1) is 0 Å². The number of hydrogen-bond acceptors (Lipinski definition) is 8. The topological polar surface area (TPSA) is 182 Å². The zero-order chi connectivity index (χ0) is 20.7. The zero-order valence-electron chi connectivity index (χ0n) is 14.9. The Hall–Kier alpha value is -1.89. The third-order valence-electron chi connectivity index (χ3n) is 4.22. The second kappa shape index (κ2) is 10.4. The second-order valence-corrected chi connectivity index (χ2v) is 6.65. The molecule has 154 valence electrons. The van der Waals surface area contributed by atoms with Crippen LogP contribution in [0.2, 0.25) is 0 Å². The highest BCUT2D eigenvalue weighted by Gasteiger charge is 2.39. The van der Waals surface area contributed by atoms with Crippen molar-refractivity contribution in [1.82, 2.24) is 15.5 Å². The summed E-state index contributed by atoms with van der Waals surface area (Å²) < 4.78 is 0. The van der Waals surface area contributed by atoms with E-state index in [0.29, 0.717) is 6.42 Å². The summed E-state index contributed by atoms with van der Waals surface area (Å²) in [5.74, 6) is -3.58. The molecule has 1 aliphatic heterocycles. The molecule has 1 aliphatic rings. The summed E-state index contributed by atoms with van der Waals surface area (Å²) in [6, 6.07) is -4.79. The largest absolute Gasteiger partial charge is 0.480 e. The number of nitrogens with one attached hydrogen (secondary N) is 2. The van der Waals surface area contributed by atoms with Gasteiger partial charge in [0, 0.05) is 12.3 Å². The zero-order valence-corrected chi connectivity index (χ0v) is 15.8. The van der Waals surface area contributed by atoms with E-state index in [1.807, 2.05) is 0 Å². The van der Waals surface area contributed by atoms with Crippen LogP contribution in [0.4, 0.5) is 0 Å². The summed E-state index contributed by atoms with van der Waals surface area (Å²) in [4.78, 5) is 49.1. The maximum absolute atomic E-state index is 12.7. The standard InChI is InChI=1S/C15H26N4O7S/c1-7(21)11(14(24)19-4-2-3-10(19)15(25)26)18-13(23)9(6-27)17-12(22)8(16)5-20/h7-11,20-21,27H,2-6,16H2,1H3,(H,17,22)(H,18,23)(H,25,26). The number of nitrogens with two attached hydrogens (primary N) is 1. The van der Waals surface area contributed by atoms with Gasteiger partial charge in [0.1, 0.15) is 24.2 Å². The van der Waals surface area contributed by atoms with Crippen molar-refractivity contribution >= 4 is 36.3 Å². The number of aliphatic carboxylic acids is 1. The Kier molecular flexibility index (Phi) is 8.96. The lowest BCUT2D eigenvalue weighted by atomic mass is 10.1. The third kappa shape index (κ3) is 6.06. The van der Waals surface area contributed by atoms with E-state index in [2.05, 4.69) is 23.3 Å². The molecule has 3 amide bonds. The number of carbonyl (C=O) groups excluding carboxylic acids is 3. The number of rotatable bonds is 9. The normalized spacial score (nSPS) is 21.1. The summed E-state index contributed by atoms with van der Waals surface area (Å²) in [7, 11) is 0. The molecule has 0 aliphatic carbocycles. The summed E-state index contributed by atoms with van der Waals surface area (Å²) in [5, 5.41) is 32.6. The van der Waals surface area contributed by atoms with Crippen LogP contribution < -0.4 is 16.4 Å². The summed E-state index contributed by atoms with van der Waals surface area (Å²) >= 11 is 3.97. The molecular formula is C15H26N4O7S. The van der Waals surface area contributed by atoms with Crippen LogP contribution in [0.25, 0.3) is 0 Å². The lowest BCUT2D eigenvalue weighted by Gasteiger charge is -2.30. The van der Waals surface area contributed by atoms with E-state index in [0.717, 1.165) is 4.90 Å². The van der Waals surface area contributed by atoms with E-state index in [9.17, 15) is 29.4 Å². The molecule has 12 heteroatoms. The number of thiol groups is 1. The fourth-order valence-electron chi connectivity index (χ4n) is 2.66. The number of nitrogens with zero attached hydrogens (tertiary/aromatic N) is 1. The molecule has 7 N–H and O–H groups in total. The minimum atomic E-state index is -1.39. The van der Waals surface area contributed by atoms with Crippen LogP contribution in [0.3, 0.4) is 0 Å². The molecule has 0 aromatic rings. The van der Waals surface area contributed by atoms with E-state index in [-0.39, 0.29) is 18.7 Å². The van der Waals surface area contributed by atoms with Crippen molar-refractivity contribution in [3.63, 3.8) is 0 Å². The molecule has 5 atom stereocenters. The first-order valence-corrected chi connectivity index (χ1v) is 9.06. The minimum absolute atomic E-state index is 0.127. The van der Waals surface area contributed by atoms with Crippen LogP contribution in [-0.2, 0) is 19.2 Å². The van der Waals surface area contributed by atoms with Crippen molar-refractivity contribution < 1.29 is 34.5 Å². The number of carboxylic acid groups (broad SMARTS) is 1. The van der Waals surface area contributed by atoms with Crippen molar-refractivity contribution in [3.8, 4) is 0 Å². The van der Waals surface area contributed by atoms with Crippen molar-refractivity contribution in [3.05, 3.63) is 0 Å². The van der Waals surface area contributed by atoms with Crippen LogP contribution in [0.1, 0.15) is 19.8 Å². The fraction of sp³-hybridized carbons (Fsp3) is 0.733. The monoisotopic (exact) mass is 406 g/mol. The molecular weight excluding hydrogens is 380 g/mol. The van der Waals surface area contributed by atoms with Crippen LogP contribution in [-0.4, -0.2) is 93.1 Å². The summed E-state index contributed by atoms with van der Waals surface area (Å²) in [6.07, 6.45) is -0.513. The maximum atomic E-state index is 12.7. The van der Waals surface area contributed by atoms with Crippen LogP contribution in [0.15, 0.2) is 0 Å². The van der Waals surface area contributed by atoms with Gasteiger partial charge in [0.25, 0.3) is 0 Å². The molecule has 0 bridgehead atoms. The first-order chi connectivity index (χ1) is 12.6. The SMILES string of the molecule is CC(O)C(NC(=O)C(CS)NC(=O)C(N)CO)C(=O)N1CCCC1C(=O)O. The number of carboxylic acids is 1. The molecule has 0 radical (unpaired) electrons. The average Bonchev–Trinajstić information content (AvgIpc) is 3.12. The van der Waals surface area contributed by atoms with Gasteiger partial charge in [-0.05, 0) is 19.8 Å². The van der Waals surface area contributed by atoms with E-state index in [1.165, 1.54) is 6.92 Å². The minimum Gasteiger partial charge on any atom is -0.480 e. The first kappa shape index (κ1) is 23.1. The Morgan fingerprint density at radius 2 is 1.89 bits per heavy atom. The first-order valence-electron chi connectivity index (χ1n) is 8.43. The number of carbonyl (C=O) groups is 4. The molecule has 1 rings (SSSR count). The van der Waals surface area contributed by atoms with Crippen molar-refractivity contribution in [1.29, 1.82) is 0 Å². The van der Waals surface area contributed by atoms with E-state index < -0.39 is 60.6 Å². The Labute approximate surface area is 161 Å². The van der Waals surface area contributed by atoms with E-state index in [4.69, 9.17) is 10.8 Å². The molecule has 0 spiro atoms. The smallest absolute Gasteiger partial charge is 0.326 e. The van der Waals surface area contributed by atoms with Crippen LogP contribution in [0, 0.1) is 0 Å². The molecule has 0 aromatic carbocycles. The molecule has 5 unspecified atom stereocenters. The highest BCUT2D eigenvalue weighted by molar-refractivity contribution is 7.80. The quantitative estimate of drug-likeness (QED) is 0.194. The molecule has 27 heavy (non-hydrogen) atoms. The molecule has 1 heterocycles. The van der Waals surface area contributed by atoms with Gasteiger partial charge >= 0.3 is 5.97 Å². The van der Waals surface area contributed by atoms with Crippen LogP contribution in [0.5, 0.6) is 0 Å². The van der Waals surface area contributed by atoms with E-state index in [1.54, 1.807) is 0 Å².